The summed E-state index contributed by atoms with van der Waals surface area (Å²) in [6, 6.07) is 14.1. The minimum absolute atomic E-state index is 0.0121. The van der Waals surface area contributed by atoms with Gasteiger partial charge in [0, 0.05) is 30.1 Å². The number of nitrogens with one attached hydrogen (secondary N) is 2. The Morgan fingerprint density at radius 2 is 1.68 bits per heavy atom. The zero-order chi connectivity index (χ0) is 23.8. The molecule has 1 aliphatic rings. The van der Waals surface area contributed by atoms with E-state index in [1.54, 1.807) is 24.5 Å². The maximum atomic E-state index is 12.3. The summed E-state index contributed by atoms with van der Waals surface area (Å²) in [5.74, 6) is 0.447. The number of halogens is 2. The number of carbonyl (C=O) groups excluding carboxylic acids is 1. The number of hydrogen-bond donors (Lipinski definition) is 2. The van der Waals surface area contributed by atoms with Crippen LogP contribution in [0.1, 0.15) is 18.4 Å². The Kier molecular flexibility index (Phi) is 7.98. The van der Waals surface area contributed by atoms with E-state index < -0.39 is 6.61 Å². The largest absolute Gasteiger partial charge is 0.465 e. The van der Waals surface area contributed by atoms with E-state index in [-0.39, 0.29) is 17.6 Å². The van der Waals surface area contributed by atoms with Crippen molar-refractivity contribution >= 4 is 17.6 Å². The second kappa shape index (κ2) is 11.5. The van der Waals surface area contributed by atoms with Gasteiger partial charge in [-0.25, -0.2) is 9.97 Å². The molecule has 1 aliphatic heterocycles. The van der Waals surface area contributed by atoms with Crippen LogP contribution in [0.2, 0.25) is 0 Å². The fourth-order valence-corrected chi connectivity index (χ4v) is 3.70. The van der Waals surface area contributed by atoms with Gasteiger partial charge in [-0.3, -0.25) is 4.79 Å². The fourth-order valence-electron chi connectivity index (χ4n) is 3.70. The molecule has 178 valence electrons. The number of benzene rings is 2. The topological polar surface area (TPSA) is 85.4 Å². The molecule has 1 fully saturated rings. The van der Waals surface area contributed by atoms with E-state index in [2.05, 4.69) is 25.3 Å². The number of rotatable bonds is 9. The number of nitrogens with zero attached hydrogens (tertiary/aromatic N) is 2. The second-order valence-corrected chi connectivity index (χ2v) is 7.96. The van der Waals surface area contributed by atoms with E-state index in [0.717, 1.165) is 48.3 Å². The standard InChI is InChI=1S/C25H26F2N4O3/c26-24(27)34-22-7-3-18(4-8-22)20-15-29-25(30-16-20)31-21-5-1-17(2-6-21)11-14-33-23(32)19-9-12-28-13-10-19/h1-8,15-16,19,24,28H,9-14H2,(H,29,30,31). The molecule has 0 saturated carbocycles. The van der Waals surface area contributed by atoms with Gasteiger partial charge in [-0.15, -0.1) is 0 Å². The van der Waals surface area contributed by atoms with Crippen molar-refractivity contribution in [3.8, 4) is 16.9 Å². The number of ether oxygens (including phenoxy) is 2. The number of esters is 1. The van der Waals surface area contributed by atoms with Gasteiger partial charge < -0.3 is 20.1 Å². The maximum Gasteiger partial charge on any atom is 0.387 e. The predicted octanol–water partition coefficient (Wildman–Crippen LogP) is 4.57. The monoisotopic (exact) mass is 468 g/mol. The Labute approximate surface area is 196 Å². The van der Waals surface area contributed by atoms with E-state index in [9.17, 15) is 13.6 Å². The van der Waals surface area contributed by atoms with Gasteiger partial charge in [0.05, 0.1) is 12.5 Å². The van der Waals surface area contributed by atoms with Gasteiger partial charge in [0.25, 0.3) is 0 Å². The van der Waals surface area contributed by atoms with Crippen molar-refractivity contribution in [3.05, 3.63) is 66.5 Å². The molecule has 3 aromatic rings. The molecular weight excluding hydrogens is 442 g/mol. The summed E-state index contributed by atoms with van der Waals surface area (Å²) in [6.45, 7) is -0.745. The molecule has 34 heavy (non-hydrogen) atoms. The molecule has 4 rings (SSSR count). The Bertz CT molecular complexity index is 1060. The summed E-state index contributed by atoms with van der Waals surface area (Å²) >= 11 is 0. The zero-order valence-corrected chi connectivity index (χ0v) is 18.5. The Morgan fingerprint density at radius 3 is 2.32 bits per heavy atom. The van der Waals surface area contributed by atoms with Crippen molar-refractivity contribution < 1.29 is 23.0 Å². The van der Waals surface area contributed by atoms with Crippen molar-refractivity contribution in [2.45, 2.75) is 25.9 Å². The van der Waals surface area contributed by atoms with Crippen LogP contribution in [0.15, 0.2) is 60.9 Å². The first-order valence-electron chi connectivity index (χ1n) is 11.2. The van der Waals surface area contributed by atoms with E-state index in [4.69, 9.17) is 4.74 Å². The van der Waals surface area contributed by atoms with Crippen molar-refractivity contribution in [1.29, 1.82) is 0 Å². The highest BCUT2D eigenvalue weighted by atomic mass is 19.3. The molecule has 1 saturated heterocycles. The first kappa shape index (κ1) is 23.6. The smallest absolute Gasteiger partial charge is 0.387 e. The molecular formula is C25H26F2N4O3. The summed E-state index contributed by atoms with van der Waals surface area (Å²) in [6.07, 6.45) is 5.64. The maximum absolute atomic E-state index is 12.3. The minimum Gasteiger partial charge on any atom is -0.465 e. The highest BCUT2D eigenvalue weighted by Gasteiger charge is 2.22. The third-order valence-electron chi connectivity index (χ3n) is 5.58. The highest BCUT2D eigenvalue weighted by molar-refractivity contribution is 5.72. The Morgan fingerprint density at radius 1 is 1.00 bits per heavy atom. The van der Waals surface area contributed by atoms with Gasteiger partial charge in [0.1, 0.15) is 5.75 Å². The lowest BCUT2D eigenvalue weighted by Gasteiger charge is -2.20. The molecule has 2 aromatic carbocycles. The molecule has 0 unspecified atom stereocenters. The van der Waals surface area contributed by atoms with E-state index in [1.807, 2.05) is 24.3 Å². The van der Waals surface area contributed by atoms with Gasteiger partial charge in [-0.1, -0.05) is 24.3 Å². The van der Waals surface area contributed by atoms with E-state index in [0.29, 0.717) is 19.0 Å². The van der Waals surface area contributed by atoms with Crippen LogP contribution in [-0.2, 0) is 16.0 Å². The molecule has 2 N–H and O–H groups in total. The average molecular weight is 469 g/mol. The molecule has 1 aromatic heterocycles. The number of anilines is 2. The molecule has 0 atom stereocenters. The van der Waals surface area contributed by atoms with Crippen molar-refractivity contribution in [3.63, 3.8) is 0 Å². The molecule has 0 spiro atoms. The quantitative estimate of drug-likeness (QED) is 0.445. The molecule has 0 amide bonds. The van der Waals surface area contributed by atoms with Crippen LogP contribution in [0, 0.1) is 5.92 Å². The van der Waals surface area contributed by atoms with E-state index >= 15 is 0 Å². The number of aromatic nitrogens is 2. The van der Waals surface area contributed by atoms with Crippen molar-refractivity contribution in [2.75, 3.05) is 25.0 Å². The highest BCUT2D eigenvalue weighted by Crippen LogP contribution is 2.23. The lowest BCUT2D eigenvalue weighted by molar-refractivity contribution is -0.149. The van der Waals surface area contributed by atoms with Crippen molar-refractivity contribution in [1.82, 2.24) is 15.3 Å². The van der Waals surface area contributed by atoms with Gasteiger partial charge in [0.15, 0.2) is 0 Å². The molecule has 9 heteroatoms. The third-order valence-corrected chi connectivity index (χ3v) is 5.58. The van der Waals surface area contributed by atoms with Gasteiger partial charge in [-0.2, -0.15) is 8.78 Å². The van der Waals surface area contributed by atoms with Crippen LogP contribution in [0.25, 0.3) is 11.1 Å². The van der Waals surface area contributed by atoms with Crippen LogP contribution in [0.4, 0.5) is 20.4 Å². The van der Waals surface area contributed by atoms with Gasteiger partial charge in [0.2, 0.25) is 5.95 Å². The predicted molar refractivity (Wildman–Crippen MR) is 124 cm³/mol. The third kappa shape index (κ3) is 6.71. The van der Waals surface area contributed by atoms with Gasteiger partial charge in [-0.05, 0) is 61.3 Å². The molecule has 2 heterocycles. The van der Waals surface area contributed by atoms with Crippen LogP contribution < -0.4 is 15.4 Å². The van der Waals surface area contributed by atoms with Crippen LogP contribution in [-0.4, -0.2) is 42.2 Å². The molecule has 0 aliphatic carbocycles. The number of piperidine rings is 1. The summed E-state index contributed by atoms with van der Waals surface area (Å²) in [5.41, 5.74) is 3.44. The van der Waals surface area contributed by atoms with E-state index in [1.165, 1.54) is 12.1 Å². The molecule has 0 radical (unpaired) electrons. The van der Waals surface area contributed by atoms with Crippen LogP contribution >= 0.6 is 0 Å². The minimum atomic E-state index is -2.85. The van der Waals surface area contributed by atoms with Crippen LogP contribution in [0.3, 0.4) is 0 Å². The van der Waals surface area contributed by atoms with Gasteiger partial charge >= 0.3 is 12.6 Å². The van der Waals surface area contributed by atoms with Crippen molar-refractivity contribution in [2.24, 2.45) is 5.92 Å². The fraction of sp³-hybridized carbons (Fsp3) is 0.320. The first-order valence-corrected chi connectivity index (χ1v) is 11.2. The Balaban J connectivity index is 1.25. The van der Waals surface area contributed by atoms with Crippen LogP contribution in [0.5, 0.6) is 5.75 Å². The number of alkyl halides is 2. The lowest BCUT2D eigenvalue weighted by Crippen LogP contribution is -2.33. The summed E-state index contributed by atoms with van der Waals surface area (Å²) < 4.78 is 34.3. The summed E-state index contributed by atoms with van der Waals surface area (Å²) in [7, 11) is 0. The zero-order valence-electron chi connectivity index (χ0n) is 18.5. The average Bonchev–Trinajstić information content (AvgIpc) is 2.86. The lowest BCUT2D eigenvalue weighted by atomic mass is 9.98. The Hall–Kier alpha value is -3.59. The molecule has 0 bridgehead atoms. The molecule has 7 nitrogen and oxygen atoms in total. The first-order chi connectivity index (χ1) is 16.6. The number of carbonyl (C=O) groups is 1. The second-order valence-electron chi connectivity index (χ2n) is 7.96. The summed E-state index contributed by atoms with van der Waals surface area (Å²) in [4.78, 5) is 20.7. The summed E-state index contributed by atoms with van der Waals surface area (Å²) in [5, 5.41) is 6.38. The number of hydrogen-bond acceptors (Lipinski definition) is 7. The normalized spacial score (nSPS) is 14.1. The SMILES string of the molecule is O=C(OCCc1ccc(Nc2ncc(-c3ccc(OC(F)F)cc3)cn2)cc1)C1CCNCC1.